The van der Waals surface area contributed by atoms with Crippen LogP contribution in [0.3, 0.4) is 0 Å². The highest BCUT2D eigenvalue weighted by Crippen LogP contribution is 2.24. The fraction of sp³-hybridized carbons (Fsp3) is 0.222. The van der Waals surface area contributed by atoms with Crippen molar-refractivity contribution in [2.45, 2.75) is 26.8 Å². The zero-order chi connectivity index (χ0) is 16.6. The average Bonchev–Trinajstić information content (AvgIpc) is 2.91. The number of benzene rings is 1. The number of phenols is 1. The molecule has 0 aliphatic rings. The molecule has 0 radical (unpaired) electrons. The molecular formula is C18H19N3O2. The van der Waals surface area contributed by atoms with Crippen molar-refractivity contribution in [1.82, 2.24) is 14.7 Å². The number of nitrogens with zero attached hydrogens (tertiary/aromatic N) is 2. The summed E-state index contributed by atoms with van der Waals surface area (Å²) in [5.41, 5.74) is 3.75. The van der Waals surface area contributed by atoms with Crippen LogP contribution in [-0.4, -0.2) is 20.4 Å². The molecule has 118 valence electrons. The molecule has 5 heteroatoms. The Morgan fingerprint density at radius 1 is 1.26 bits per heavy atom. The van der Waals surface area contributed by atoms with Crippen LogP contribution < -0.4 is 5.32 Å². The molecule has 2 N–H and O–H groups in total. The van der Waals surface area contributed by atoms with Crippen LogP contribution in [0.2, 0.25) is 0 Å². The monoisotopic (exact) mass is 309 g/mol. The lowest BCUT2D eigenvalue weighted by molar-refractivity contribution is 0.0941. The molecule has 0 saturated carbocycles. The van der Waals surface area contributed by atoms with Gasteiger partial charge in [0.15, 0.2) is 0 Å². The van der Waals surface area contributed by atoms with Gasteiger partial charge in [0.2, 0.25) is 0 Å². The van der Waals surface area contributed by atoms with Crippen molar-refractivity contribution in [3.8, 4) is 5.75 Å². The number of phenolic OH excluding ortho intramolecular Hbond substituents is 1. The zero-order valence-electron chi connectivity index (χ0n) is 13.4. The molecule has 2 heterocycles. The number of carbonyl (C=O) groups excluding carboxylic acids is 1. The summed E-state index contributed by atoms with van der Waals surface area (Å²) in [6, 6.07) is 10.4. The fourth-order valence-corrected chi connectivity index (χ4v) is 2.78. The number of aryl methyl sites for hydroxylation is 2. The Balaban J connectivity index is 1.91. The highest BCUT2D eigenvalue weighted by atomic mass is 16.3. The third-order valence-electron chi connectivity index (χ3n) is 3.93. The predicted octanol–water partition coefficient (Wildman–Crippen LogP) is 3.15. The molecule has 2 aromatic heterocycles. The Morgan fingerprint density at radius 2 is 2.00 bits per heavy atom. The Hall–Kier alpha value is -2.82. The molecule has 0 bridgehead atoms. The van der Waals surface area contributed by atoms with Crippen LogP contribution in [0.15, 0.2) is 42.6 Å². The second-order valence-electron chi connectivity index (χ2n) is 5.72. The Labute approximate surface area is 134 Å². The molecule has 1 amide bonds. The topological polar surface area (TPSA) is 66.6 Å². The molecule has 0 spiro atoms. The minimum Gasteiger partial charge on any atom is -0.508 e. The van der Waals surface area contributed by atoms with Crippen LogP contribution in [-0.2, 0) is 0 Å². The van der Waals surface area contributed by atoms with E-state index in [1.165, 1.54) is 0 Å². The minimum absolute atomic E-state index is 0.173. The first kappa shape index (κ1) is 15.1. The SMILES string of the molecule is Cc1cc(C)n2ccc(C(=O)NC(C)c3ccccc3O)c2n1. The van der Waals surface area contributed by atoms with E-state index in [2.05, 4.69) is 10.3 Å². The van der Waals surface area contributed by atoms with Crippen molar-refractivity contribution < 1.29 is 9.90 Å². The van der Waals surface area contributed by atoms with E-state index in [-0.39, 0.29) is 17.7 Å². The maximum Gasteiger partial charge on any atom is 0.255 e. The molecule has 23 heavy (non-hydrogen) atoms. The largest absolute Gasteiger partial charge is 0.508 e. The van der Waals surface area contributed by atoms with Crippen molar-refractivity contribution in [3.63, 3.8) is 0 Å². The van der Waals surface area contributed by atoms with Gasteiger partial charge in [-0.15, -0.1) is 0 Å². The van der Waals surface area contributed by atoms with Crippen LogP contribution in [0.1, 0.15) is 40.3 Å². The molecule has 1 aromatic carbocycles. The highest BCUT2D eigenvalue weighted by molar-refractivity contribution is 6.00. The van der Waals surface area contributed by atoms with Crippen molar-refractivity contribution in [2.75, 3.05) is 0 Å². The lowest BCUT2D eigenvalue weighted by Gasteiger charge is -2.15. The van der Waals surface area contributed by atoms with Gasteiger partial charge in [0.05, 0.1) is 11.6 Å². The van der Waals surface area contributed by atoms with Gasteiger partial charge >= 0.3 is 0 Å². The van der Waals surface area contributed by atoms with Gasteiger partial charge in [-0.3, -0.25) is 4.79 Å². The fourth-order valence-electron chi connectivity index (χ4n) is 2.78. The maximum atomic E-state index is 12.6. The van der Waals surface area contributed by atoms with E-state index < -0.39 is 0 Å². The van der Waals surface area contributed by atoms with Crippen molar-refractivity contribution >= 4 is 11.6 Å². The number of carbonyl (C=O) groups is 1. The number of rotatable bonds is 3. The van der Waals surface area contributed by atoms with E-state index in [1.807, 2.05) is 43.5 Å². The highest BCUT2D eigenvalue weighted by Gasteiger charge is 2.18. The number of amides is 1. The molecule has 0 fully saturated rings. The van der Waals surface area contributed by atoms with Gasteiger partial charge in [-0.05, 0) is 39.0 Å². The van der Waals surface area contributed by atoms with Crippen LogP contribution in [0, 0.1) is 13.8 Å². The van der Waals surface area contributed by atoms with E-state index in [9.17, 15) is 9.90 Å². The van der Waals surface area contributed by atoms with Crippen LogP contribution in [0.4, 0.5) is 0 Å². The first-order chi connectivity index (χ1) is 11.0. The maximum absolute atomic E-state index is 12.6. The molecule has 1 unspecified atom stereocenters. The van der Waals surface area contributed by atoms with Gasteiger partial charge in [-0.25, -0.2) is 4.98 Å². The molecule has 5 nitrogen and oxygen atoms in total. The summed E-state index contributed by atoms with van der Waals surface area (Å²) < 4.78 is 1.90. The van der Waals surface area contributed by atoms with E-state index in [1.54, 1.807) is 24.3 Å². The number of hydrogen-bond acceptors (Lipinski definition) is 3. The summed E-state index contributed by atoms with van der Waals surface area (Å²) in [4.78, 5) is 17.1. The molecule has 0 saturated heterocycles. The van der Waals surface area contributed by atoms with E-state index in [4.69, 9.17) is 0 Å². The number of para-hydroxylation sites is 1. The summed E-state index contributed by atoms with van der Waals surface area (Å²) in [6.07, 6.45) is 1.84. The Kier molecular flexibility index (Phi) is 3.78. The first-order valence-corrected chi connectivity index (χ1v) is 7.51. The molecule has 0 aliphatic heterocycles. The van der Waals surface area contributed by atoms with Gasteiger partial charge in [0, 0.05) is 23.1 Å². The molecule has 0 aliphatic carbocycles. The quantitative estimate of drug-likeness (QED) is 0.781. The molecule has 3 aromatic rings. The zero-order valence-corrected chi connectivity index (χ0v) is 13.4. The van der Waals surface area contributed by atoms with E-state index >= 15 is 0 Å². The number of aromatic nitrogens is 2. The summed E-state index contributed by atoms with van der Waals surface area (Å²) in [5, 5.41) is 12.8. The average molecular weight is 309 g/mol. The van der Waals surface area contributed by atoms with Gasteiger partial charge < -0.3 is 14.8 Å². The third-order valence-corrected chi connectivity index (χ3v) is 3.93. The molecule has 3 rings (SSSR count). The van der Waals surface area contributed by atoms with Crippen LogP contribution >= 0.6 is 0 Å². The minimum atomic E-state index is -0.301. The number of hydrogen-bond donors (Lipinski definition) is 2. The van der Waals surface area contributed by atoms with Gasteiger partial charge in [-0.1, -0.05) is 18.2 Å². The van der Waals surface area contributed by atoms with Crippen molar-refractivity contribution in [3.05, 3.63) is 65.1 Å². The summed E-state index contributed by atoms with van der Waals surface area (Å²) >= 11 is 0. The Bertz CT molecular complexity index is 883. The second kappa shape index (κ2) is 5.76. The van der Waals surface area contributed by atoms with Gasteiger partial charge in [0.1, 0.15) is 11.4 Å². The summed E-state index contributed by atoms with van der Waals surface area (Å²) in [7, 11) is 0. The van der Waals surface area contributed by atoms with E-state index in [0.717, 1.165) is 11.4 Å². The van der Waals surface area contributed by atoms with Gasteiger partial charge in [-0.2, -0.15) is 0 Å². The summed E-state index contributed by atoms with van der Waals surface area (Å²) in [6.45, 7) is 5.73. The standard InChI is InChI=1S/C18H19N3O2/c1-11-10-12(2)21-9-8-15(17(21)19-11)18(23)20-13(3)14-6-4-5-7-16(14)22/h4-10,13,22H,1-3H3,(H,20,23). The lowest BCUT2D eigenvalue weighted by Crippen LogP contribution is -2.26. The van der Waals surface area contributed by atoms with Crippen LogP contribution in [0.5, 0.6) is 5.75 Å². The first-order valence-electron chi connectivity index (χ1n) is 7.51. The van der Waals surface area contributed by atoms with Crippen molar-refractivity contribution in [2.24, 2.45) is 0 Å². The number of aromatic hydroxyl groups is 1. The third kappa shape index (κ3) is 2.77. The Morgan fingerprint density at radius 3 is 2.74 bits per heavy atom. The predicted molar refractivity (Wildman–Crippen MR) is 88.7 cm³/mol. The lowest BCUT2D eigenvalue weighted by atomic mass is 10.1. The number of nitrogens with one attached hydrogen (secondary N) is 1. The summed E-state index contributed by atoms with van der Waals surface area (Å²) in [5.74, 6) is -0.0346. The normalized spacial score (nSPS) is 12.3. The number of fused-ring (bicyclic) bond motifs is 1. The molecule has 1 atom stereocenters. The van der Waals surface area contributed by atoms with Crippen LogP contribution in [0.25, 0.3) is 5.65 Å². The van der Waals surface area contributed by atoms with Crippen molar-refractivity contribution in [1.29, 1.82) is 0 Å². The second-order valence-corrected chi connectivity index (χ2v) is 5.72. The molecular weight excluding hydrogens is 290 g/mol. The van der Waals surface area contributed by atoms with E-state index in [0.29, 0.717) is 16.8 Å². The van der Waals surface area contributed by atoms with Gasteiger partial charge in [0.25, 0.3) is 5.91 Å². The smallest absolute Gasteiger partial charge is 0.255 e.